The Morgan fingerprint density at radius 1 is 1.78 bits per heavy atom. The molecule has 0 radical (unpaired) electrons. The highest BCUT2D eigenvalue weighted by atomic mass is 14.6. The predicted octanol–water partition coefficient (Wildman–Crippen LogP) is 1.30. The second-order valence-corrected chi connectivity index (χ2v) is 2.03. The van der Waals surface area contributed by atoms with Crippen molar-refractivity contribution in [3.05, 3.63) is 12.7 Å². The highest BCUT2D eigenvalue weighted by molar-refractivity contribution is 4.86. The minimum atomic E-state index is 0.207. The van der Waals surface area contributed by atoms with Crippen LogP contribution in [0.3, 0.4) is 0 Å². The first-order chi connectivity index (χ1) is 4.31. The summed E-state index contributed by atoms with van der Waals surface area (Å²) < 4.78 is 0. The highest BCUT2D eigenvalue weighted by Crippen LogP contribution is 1.97. The van der Waals surface area contributed by atoms with E-state index in [0.29, 0.717) is 0 Å². The number of hydrogen-bond donors (Lipinski definition) is 1. The fourth-order valence-electron chi connectivity index (χ4n) is 0.601. The van der Waals surface area contributed by atoms with Crippen LogP contribution in [0.4, 0.5) is 0 Å². The Hall–Kier alpha value is -0.740. The van der Waals surface area contributed by atoms with E-state index in [4.69, 9.17) is 12.2 Å². The molecule has 0 aromatic carbocycles. The molecule has 0 aromatic heterocycles. The van der Waals surface area contributed by atoms with Crippen molar-refractivity contribution in [3.63, 3.8) is 0 Å². The zero-order chi connectivity index (χ0) is 7.11. The van der Waals surface area contributed by atoms with Crippen molar-refractivity contribution < 1.29 is 0 Å². The van der Waals surface area contributed by atoms with Gasteiger partial charge in [-0.2, -0.15) is 0 Å². The minimum absolute atomic E-state index is 0.207. The first-order valence-corrected chi connectivity index (χ1v) is 3.11. The molecule has 0 saturated carbocycles. The van der Waals surface area contributed by atoms with Gasteiger partial charge in [0.15, 0.2) is 0 Å². The average molecular weight is 123 g/mol. The molecule has 0 saturated heterocycles. The van der Waals surface area contributed by atoms with E-state index >= 15 is 0 Å². The van der Waals surface area contributed by atoms with E-state index in [2.05, 4.69) is 12.5 Å². The summed E-state index contributed by atoms with van der Waals surface area (Å²) >= 11 is 0. The summed E-state index contributed by atoms with van der Waals surface area (Å²) in [6, 6.07) is 0.207. The second kappa shape index (κ2) is 5.40. The van der Waals surface area contributed by atoms with Gasteiger partial charge in [0.2, 0.25) is 0 Å². The Balaban J connectivity index is 3.17. The lowest BCUT2D eigenvalue weighted by molar-refractivity contribution is 0.635. The van der Waals surface area contributed by atoms with Crippen molar-refractivity contribution in [3.8, 4) is 12.3 Å². The van der Waals surface area contributed by atoms with Crippen LogP contribution in [0.2, 0.25) is 0 Å². The summed E-state index contributed by atoms with van der Waals surface area (Å²) in [5, 5.41) is 0. The largest absolute Gasteiger partial charge is 0.327 e. The third kappa shape index (κ3) is 5.13. The van der Waals surface area contributed by atoms with Crippen LogP contribution in [-0.4, -0.2) is 6.04 Å². The van der Waals surface area contributed by atoms with Crippen LogP contribution in [0.15, 0.2) is 12.7 Å². The number of nitrogens with two attached hydrogens (primary N) is 1. The van der Waals surface area contributed by atoms with Crippen molar-refractivity contribution in [2.45, 2.75) is 25.3 Å². The van der Waals surface area contributed by atoms with E-state index in [9.17, 15) is 0 Å². The van der Waals surface area contributed by atoms with Crippen LogP contribution < -0.4 is 5.73 Å². The third-order valence-electron chi connectivity index (χ3n) is 1.13. The van der Waals surface area contributed by atoms with E-state index in [1.165, 1.54) is 0 Å². The van der Waals surface area contributed by atoms with E-state index in [-0.39, 0.29) is 6.04 Å². The molecule has 0 aliphatic heterocycles. The molecule has 0 heterocycles. The van der Waals surface area contributed by atoms with Crippen molar-refractivity contribution in [1.29, 1.82) is 0 Å². The molecule has 1 atom stereocenters. The molecule has 50 valence electrons. The Kier molecular flexibility index (Phi) is 4.95. The molecule has 0 rings (SSSR count). The summed E-state index contributed by atoms with van der Waals surface area (Å²) in [5.74, 6) is 2.54. The van der Waals surface area contributed by atoms with Gasteiger partial charge < -0.3 is 5.73 Å². The quantitative estimate of drug-likeness (QED) is 0.442. The Bertz CT molecular complexity index is 110. The molecule has 0 aromatic rings. The van der Waals surface area contributed by atoms with E-state index in [0.717, 1.165) is 19.3 Å². The molecular weight excluding hydrogens is 110 g/mol. The standard InChI is InChI=1S/C8H13N/c1-3-5-7-8(9)6-4-2/h1,4,8H,2,5-7,9H2. The van der Waals surface area contributed by atoms with Crippen molar-refractivity contribution in [2.75, 3.05) is 0 Å². The fraction of sp³-hybridized carbons (Fsp3) is 0.500. The molecule has 0 spiro atoms. The predicted molar refractivity (Wildman–Crippen MR) is 40.9 cm³/mol. The third-order valence-corrected chi connectivity index (χ3v) is 1.13. The van der Waals surface area contributed by atoms with Crippen molar-refractivity contribution in [2.24, 2.45) is 5.73 Å². The van der Waals surface area contributed by atoms with E-state index in [1.807, 2.05) is 6.08 Å². The van der Waals surface area contributed by atoms with Gasteiger partial charge in [0, 0.05) is 12.5 Å². The maximum atomic E-state index is 5.60. The average Bonchev–Trinajstić information content (AvgIpc) is 1.85. The lowest BCUT2D eigenvalue weighted by atomic mass is 10.1. The maximum absolute atomic E-state index is 5.60. The monoisotopic (exact) mass is 123 g/mol. The van der Waals surface area contributed by atoms with Gasteiger partial charge in [0.05, 0.1) is 0 Å². The molecule has 0 amide bonds. The maximum Gasteiger partial charge on any atom is 0.0101 e. The Morgan fingerprint density at radius 2 is 2.44 bits per heavy atom. The van der Waals surface area contributed by atoms with Crippen LogP contribution in [0.25, 0.3) is 0 Å². The minimum Gasteiger partial charge on any atom is -0.327 e. The Morgan fingerprint density at radius 3 is 2.89 bits per heavy atom. The second-order valence-electron chi connectivity index (χ2n) is 2.03. The zero-order valence-electron chi connectivity index (χ0n) is 5.64. The first kappa shape index (κ1) is 8.26. The van der Waals surface area contributed by atoms with Gasteiger partial charge in [-0.1, -0.05) is 6.08 Å². The van der Waals surface area contributed by atoms with Crippen LogP contribution in [0, 0.1) is 12.3 Å². The fourth-order valence-corrected chi connectivity index (χ4v) is 0.601. The molecule has 1 heteroatoms. The highest BCUT2D eigenvalue weighted by Gasteiger charge is 1.95. The summed E-state index contributed by atoms with van der Waals surface area (Å²) in [6.07, 6.45) is 9.40. The molecule has 0 aliphatic carbocycles. The van der Waals surface area contributed by atoms with E-state index < -0.39 is 0 Å². The van der Waals surface area contributed by atoms with Crippen molar-refractivity contribution in [1.82, 2.24) is 0 Å². The number of hydrogen-bond acceptors (Lipinski definition) is 1. The summed E-state index contributed by atoms with van der Waals surface area (Å²) in [6.45, 7) is 3.58. The van der Waals surface area contributed by atoms with Gasteiger partial charge in [-0.25, -0.2) is 0 Å². The van der Waals surface area contributed by atoms with E-state index in [1.54, 1.807) is 0 Å². The molecular formula is C8H13N. The number of rotatable bonds is 4. The summed E-state index contributed by atoms with van der Waals surface area (Å²) in [4.78, 5) is 0. The molecule has 2 N–H and O–H groups in total. The molecule has 0 fully saturated rings. The van der Waals surface area contributed by atoms with Crippen LogP contribution >= 0.6 is 0 Å². The summed E-state index contributed by atoms with van der Waals surface area (Å²) in [5.41, 5.74) is 5.60. The normalized spacial score (nSPS) is 12.0. The summed E-state index contributed by atoms with van der Waals surface area (Å²) in [7, 11) is 0. The SMILES string of the molecule is C#CCCC(N)CC=C. The van der Waals surface area contributed by atoms with Crippen LogP contribution in [0.1, 0.15) is 19.3 Å². The lowest BCUT2D eigenvalue weighted by Gasteiger charge is -2.03. The first-order valence-electron chi connectivity index (χ1n) is 3.11. The number of terminal acetylenes is 1. The van der Waals surface area contributed by atoms with Crippen LogP contribution in [0.5, 0.6) is 0 Å². The lowest BCUT2D eigenvalue weighted by Crippen LogP contribution is -2.17. The molecule has 1 nitrogen and oxygen atoms in total. The zero-order valence-corrected chi connectivity index (χ0v) is 5.64. The topological polar surface area (TPSA) is 26.0 Å². The van der Waals surface area contributed by atoms with Gasteiger partial charge in [0.1, 0.15) is 0 Å². The van der Waals surface area contributed by atoms with Gasteiger partial charge >= 0.3 is 0 Å². The van der Waals surface area contributed by atoms with Crippen molar-refractivity contribution >= 4 is 0 Å². The van der Waals surface area contributed by atoms with Gasteiger partial charge in [-0.15, -0.1) is 18.9 Å². The van der Waals surface area contributed by atoms with Gasteiger partial charge in [-0.3, -0.25) is 0 Å². The Labute approximate surface area is 56.9 Å². The van der Waals surface area contributed by atoms with Crippen LogP contribution in [-0.2, 0) is 0 Å². The molecule has 9 heavy (non-hydrogen) atoms. The molecule has 1 unspecified atom stereocenters. The smallest absolute Gasteiger partial charge is 0.0101 e. The van der Waals surface area contributed by atoms with Gasteiger partial charge in [-0.05, 0) is 12.8 Å². The molecule has 0 bridgehead atoms. The van der Waals surface area contributed by atoms with Gasteiger partial charge in [0.25, 0.3) is 0 Å². The molecule has 0 aliphatic rings.